The average Bonchev–Trinajstić information content (AvgIpc) is 3.22. The third-order valence-corrected chi connectivity index (χ3v) is 6.21. The number of alkyl halides is 3. The van der Waals surface area contributed by atoms with Crippen molar-refractivity contribution in [3.8, 4) is 5.75 Å². The first kappa shape index (κ1) is 28.1. The third-order valence-electron chi connectivity index (χ3n) is 6.21. The summed E-state index contributed by atoms with van der Waals surface area (Å²) in [4.78, 5) is 13.4. The van der Waals surface area contributed by atoms with Gasteiger partial charge in [0.2, 0.25) is 0 Å². The Balaban J connectivity index is 1.63. The molecule has 1 unspecified atom stereocenters. The van der Waals surface area contributed by atoms with Gasteiger partial charge < -0.3 is 4.74 Å². The van der Waals surface area contributed by atoms with E-state index in [0.29, 0.717) is 30.1 Å². The largest absolute Gasteiger partial charge is 0.573 e. The first-order valence-electron chi connectivity index (χ1n) is 12.9. The van der Waals surface area contributed by atoms with Gasteiger partial charge in [0, 0.05) is 19.0 Å². The third kappa shape index (κ3) is 8.01. The van der Waals surface area contributed by atoms with Crippen molar-refractivity contribution < 1.29 is 22.3 Å². The minimum Gasteiger partial charge on any atom is -0.406 e. The van der Waals surface area contributed by atoms with E-state index in [1.807, 2.05) is 11.6 Å². The molecule has 0 saturated heterocycles. The van der Waals surface area contributed by atoms with Gasteiger partial charge in [-0.25, -0.2) is 14.1 Å². The van der Waals surface area contributed by atoms with Gasteiger partial charge in [-0.2, -0.15) is 4.98 Å². The molecule has 1 aliphatic heterocycles. The number of nitrogens with zero attached hydrogens (tertiary/aromatic N) is 5. The number of halogens is 4. The molecule has 4 rings (SSSR count). The van der Waals surface area contributed by atoms with Crippen molar-refractivity contribution in [1.82, 2.24) is 20.2 Å². The number of hydrogen-bond acceptors (Lipinski definition) is 6. The van der Waals surface area contributed by atoms with Crippen molar-refractivity contribution in [2.45, 2.75) is 64.8 Å². The molecule has 2 N–H and O–H groups in total. The molecule has 1 aliphatic rings. The number of amidine groups is 1. The normalized spacial score (nSPS) is 17.0. The van der Waals surface area contributed by atoms with E-state index in [1.54, 1.807) is 31.2 Å². The van der Waals surface area contributed by atoms with E-state index in [9.17, 15) is 17.6 Å². The Hall–Kier alpha value is -3.96. The molecule has 39 heavy (non-hydrogen) atoms. The van der Waals surface area contributed by atoms with Crippen LogP contribution in [0.3, 0.4) is 0 Å². The molecule has 0 bridgehead atoms. The number of aryl methyl sites for hydroxylation is 1. The van der Waals surface area contributed by atoms with Gasteiger partial charge in [-0.15, -0.1) is 18.3 Å². The highest BCUT2D eigenvalue weighted by Crippen LogP contribution is 2.33. The maximum absolute atomic E-state index is 14.6. The fraction of sp³-hybridized carbons (Fsp3) is 0.407. The van der Waals surface area contributed by atoms with Gasteiger partial charge in [0.1, 0.15) is 23.2 Å². The molecule has 0 spiro atoms. The number of fused-ring (bicyclic) bond motifs is 1. The zero-order valence-corrected chi connectivity index (χ0v) is 21.8. The van der Waals surface area contributed by atoms with Crippen molar-refractivity contribution in [3.05, 3.63) is 71.1 Å². The Morgan fingerprint density at radius 1 is 1.05 bits per heavy atom. The van der Waals surface area contributed by atoms with Gasteiger partial charge >= 0.3 is 6.36 Å². The van der Waals surface area contributed by atoms with Gasteiger partial charge in [-0.05, 0) is 68.7 Å². The highest BCUT2D eigenvalue weighted by molar-refractivity contribution is 5.80. The van der Waals surface area contributed by atoms with Crippen LogP contribution in [-0.4, -0.2) is 33.5 Å². The highest BCUT2D eigenvalue weighted by Gasteiger charge is 2.31. The number of hydrogen-bond donors (Lipinski definition) is 2. The zero-order chi connectivity index (χ0) is 27.8. The van der Waals surface area contributed by atoms with Crippen LogP contribution in [0, 0.1) is 5.82 Å². The Morgan fingerprint density at radius 2 is 1.79 bits per heavy atom. The number of nitrogens with one attached hydrogen (secondary N) is 2. The second-order valence-electron chi connectivity index (χ2n) is 9.14. The van der Waals surface area contributed by atoms with Crippen LogP contribution in [0.5, 0.6) is 5.75 Å². The Bertz CT molecular complexity index is 1350. The van der Waals surface area contributed by atoms with Gasteiger partial charge in [0.25, 0.3) is 5.95 Å². The number of aromatic nitrogens is 3. The lowest BCUT2D eigenvalue weighted by Crippen LogP contribution is -2.27. The summed E-state index contributed by atoms with van der Waals surface area (Å²) in [6, 6.07) is 12.0. The van der Waals surface area contributed by atoms with Crippen LogP contribution in [-0.2, 0) is 6.54 Å². The summed E-state index contributed by atoms with van der Waals surface area (Å²) in [6.07, 6.45) is -0.0133. The SMILES string of the molecule is CCN=C(C)NNc1ccc(=Nc2nc3n(n2)CCCCCCC3c2ccc(OC(F)(F)F)cc2)ccc1F. The van der Waals surface area contributed by atoms with Gasteiger partial charge in [-0.1, -0.05) is 31.4 Å². The molecule has 208 valence electrons. The molecular formula is C27H31F4N7O. The first-order valence-corrected chi connectivity index (χ1v) is 12.9. The fourth-order valence-electron chi connectivity index (χ4n) is 4.40. The van der Waals surface area contributed by atoms with E-state index in [4.69, 9.17) is 4.98 Å². The van der Waals surface area contributed by atoms with Crippen LogP contribution < -0.4 is 20.9 Å². The first-order chi connectivity index (χ1) is 18.7. The van der Waals surface area contributed by atoms with Gasteiger partial charge in [0.15, 0.2) is 0 Å². The van der Waals surface area contributed by atoms with Crippen LogP contribution in [0.25, 0.3) is 0 Å². The molecule has 0 radical (unpaired) electrons. The summed E-state index contributed by atoms with van der Waals surface area (Å²) < 4.78 is 58.2. The standard InChI is InChI=1S/C27H31F4N7O/c1-3-32-18(2)35-36-24-16-12-20(11-15-23(24)28)33-26-34-25-22(8-6-4-5-7-17-38(25)37-26)19-9-13-21(14-10-19)39-27(29,30)31/h9-16,22,36H,3-8,17H2,1-2H3,(H,32,35). The summed E-state index contributed by atoms with van der Waals surface area (Å²) in [5, 5.41) is 5.06. The Kier molecular flexibility index (Phi) is 9.15. The number of hydrazine groups is 1. The second kappa shape index (κ2) is 12.7. The number of anilines is 1. The molecule has 1 aromatic heterocycles. The number of aliphatic imine (C=N–C) groups is 1. The topological polar surface area (TPSA) is 88.7 Å². The summed E-state index contributed by atoms with van der Waals surface area (Å²) >= 11 is 0. The van der Waals surface area contributed by atoms with E-state index in [0.717, 1.165) is 37.7 Å². The zero-order valence-electron chi connectivity index (χ0n) is 21.8. The summed E-state index contributed by atoms with van der Waals surface area (Å²) in [5.41, 5.74) is 6.70. The maximum atomic E-state index is 14.6. The van der Waals surface area contributed by atoms with Crippen LogP contribution in [0.4, 0.5) is 29.2 Å². The molecule has 8 nitrogen and oxygen atoms in total. The van der Waals surface area contributed by atoms with E-state index in [2.05, 4.69) is 30.7 Å². The minimum atomic E-state index is -4.75. The Labute approximate surface area is 223 Å². The van der Waals surface area contributed by atoms with Crippen LogP contribution in [0.1, 0.15) is 63.3 Å². The molecule has 2 aromatic carbocycles. The lowest BCUT2D eigenvalue weighted by molar-refractivity contribution is -0.274. The molecule has 0 amide bonds. The lowest BCUT2D eigenvalue weighted by atomic mass is 9.92. The number of benzene rings is 1. The molecule has 12 heteroatoms. The highest BCUT2D eigenvalue weighted by atomic mass is 19.4. The average molecular weight is 546 g/mol. The maximum Gasteiger partial charge on any atom is 0.573 e. The molecule has 1 atom stereocenters. The van der Waals surface area contributed by atoms with E-state index < -0.39 is 12.2 Å². The van der Waals surface area contributed by atoms with Crippen molar-refractivity contribution in [2.24, 2.45) is 9.98 Å². The van der Waals surface area contributed by atoms with E-state index in [1.165, 1.54) is 24.3 Å². The molecule has 0 saturated carbocycles. The van der Waals surface area contributed by atoms with Crippen LogP contribution in [0.2, 0.25) is 0 Å². The van der Waals surface area contributed by atoms with Crippen LogP contribution in [0.15, 0.2) is 58.5 Å². The molecular weight excluding hydrogens is 514 g/mol. The van der Waals surface area contributed by atoms with Crippen molar-refractivity contribution in [3.63, 3.8) is 0 Å². The minimum absolute atomic E-state index is 0.168. The fourth-order valence-corrected chi connectivity index (χ4v) is 4.40. The number of ether oxygens (including phenoxy) is 1. The summed E-state index contributed by atoms with van der Waals surface area (Å²) in [6.45, 7) is 4.93. The smallest absolute Gasteiger partial charge is 0.406 e. The summed E-state index contributed by atoms with van der Waals surface area (Å²) in [7, 11) is 0. The van der Waals surface area contributed by atoms with E-state index in [-0.39, 0.29) is 23.3 Å². The molecule has 3 aromatic rings. The molecule has 0 aliphatic carbocycles. The monoisotopic (exact) mass is 545 g/mol. The van der Waals surface area contributed by atoms with Gasteiger partial charge in [0.05, 0.1) is 11.0 Å². The van der Waals surface area contributed by atoms with Gasteiger partial charge in [-0.3, -0.25) is 15.8 Å². The lowest BCUT2D eigenvalue weighted by Gasteiger charge is -2.17. The van der Waals surface area contributed by atoms with Crippen LogP contribution >= 0.6 is 0 Å². The quantitative estimate of drug-likeness (QED) is 0.172. The van der Waals surface area contributed by atoms with Crippen molar-refractivity contribution >= 4 is 17.5 Å². The molecule has 2 heterocycles. The number of rotatable bonds is 6. The predicted molar refractivity (Wildman–Crippen MR) is 140 cm³/mol. The predicted octanol–water partition coefficient (Wildman–Crippen LogP) is 6.00. The summed E-state index contributed by atoms with van der Waals surface area (Å²) in [5.74, 6) is 0.640. The molecule has 0 fully saturated rings. The second-order valence-corrected chi connectivity index (χ2v) is 9.14. The Morgan fingerprint density at radius 3 is 2.54 bits per heavy atom. The van der Waals surface area contributed by atoms with E-state index >= 15 is 0 Å². The van der Waals surface area contributed by atoms with Crippen molar-refractivity contribution in [2.75, 3.05) is 12.0 Å². The van der Waals surface area contributed by atoms with Crippen molar-refractivity contribution in [1.29, 1.82) is 0 Å².